The lowest BCUT2D eigenvalue weighted by Gasteiger charge is -2.36. The van der Waals surface area contributed by atoms with E-state index in [4.69, 9.17) is 5.21 Å². The Kier molecular flexibility index (Phi) is 6.90. The fourth-order valence-electron chi connectivity index (χ4n) is 5.46. The van der Waals surface area contributed by atoms with Crippen molar-refractivity contribution in [1.29, 1.82) is 0 Å². The zero-order chi connectivity index (χ0) is 16.9. The molecule has 24 heavy (non-hydrogen) atoms. The van der Waals surface area contributed by atoms with Gasteiger partial charge in [0.05, 0.1) is 19.6 Å². The van der Waals surface area contributed by atoms with Crippen LogP contribution >= 0.6 is 0 Å². The van der Waals surface area contributed by atoms with Crippen LogP contribution in [0.1, 0.15) is 70.6 Å². The smallest absolute Gasteiger partial charge is 0.117 e. The summed E-state index contributed by atoms with van der Waals surface area (Å²) in [5, 5.41) is 19.6. The summed E-state index contributed by atoms with van der Waals surface area (Å²) in [6, 6.07) is -0.0811. The van der Waals surface area contributed by atoms with Crippen molar-refractivity contribution in [3.63, 3.8) is 0 Å². The lowest BCUT2D eigenvalue weighted by atomic mass is 9.78. The molecule has 3 unspecified atom stereocenters. The molecule has 5 heteroatoms. The molecule has 1 heterocycles. The molecule has 3 N–H and O–H groups in total. The van der Waals surface area contributed by atoms with Crippen molar-refractivity contribution in [2.45, 2.75) is 82.8 Å². The molecule has 140 valence electrons. The molecule has 4 nitrogen and oxygen atoms in total. The molecule has 2 aliphatic carbocycles. The van der Waals surface area contributed by atoms with Gasteiger partial charge < -0.3 is 10.1 Å². The van der Waals surface area contributed by atoms with Crippen molar-refractivity contribution >= 4 is 0 Å². The Labute approximate surface area is 145 Å². The van der Waals surface area contributed by atoms with Gasteiger partial charge in [-0.15, -0.1) is 0 Å². The van der Waals surface area contributed by atoms with Crippen LogP contribution in [0.25, 0.3) is 0 Å². The van der Waals surface area contributed by atoms with E-state index in [2.05, 4.69) is 0 Å². The third-order valence-electron chi connectivity index (χ3n) is 6.97. The molecule has 3 rings (SSSR count). The summed E-state index contributed by atoms with van der Waals surface area (Å²) < 4.78 is 13.5. The first-order valence-electron chi connectivity index (χ1n) is 10.3. The van der Waals surface area contributed by atoms with Gasteiger partial charge in [0.2, 0.25) is 0 Å². The van der Waals surface area contributed by atoms with Gasteiger partial charge in [-0.25, -0.2) is 14.8 Å². The lowest BCUT2D eigenvalue weighted by molar-refractivity contribution is -1.07. The predicted molar refractivity (Wildman–Crippen MR) is 91.6 cm³/mol. The molecule has 0 spiro atoms. The van der Waals surface area contributed by atoms with Gasteiger partial charge in [-0.2, -0.15) is 0 Å². The van der Waals surface area contributed by atoms with E-state index in [-0.39, 0.29) is 6.04 Å². The quantitative estimate of drug-likeness (QED) is 0.663. The van der Waals surface area contributed by atoms with E-state index in [1.54, 1.807) is 4.90 Å². The molecule has 0 aromatic rings. The van der Waals surface area contributed by atoms with E-state index in [0.717, 1.165) is 56.8 Å². The van der Waals surface area contributed by atoms with E-state index in [0.29, 0.717) is 5.92 Å². The van der Waals surface area contributed by atoms with E-state index < -0.39 is 11.4 Å². The summed E-state index contributed by atoms with van der Waals surface area (Å²) in [4.78, 5) is 1.71. The zero-order valence-electron chi connectivity index (χ0n) is 15.0. The maximum Gasteiger partial charge on any atom is 0.117 e. The number of nitrogens with one attached hydrogen (secondary N) is 2. The molecule has 0 aromatic carbocycles. The Balaban J connectivity index is 1.32. The minimum Gasteiger partial charge on any atom is -0.600 e. The molecule has 1 aliphatic heterocycles. The van der Waals surface area contributed by atoms with Crippen LogP contribution in [0.3, 0.4) is 0 Å². The lowest BCUT2D eigenvalue weighted by Crippen LogP contribution is -3.13. The highest BCUT2D eigenvalue weighted by Crippen LogP contribution is 2.31. The molecule has 0 aromatic heterocycles. The minimum atomic E-state index is -0.594. The molecule has 0 bridgehead atoms. The van der Waals surface area contributed by atoms with Gasteiger partial charge in [0.1, 0.15) is 12.2 Å². The Hall–Kier alpha value is -0.230. The number of likely N-dealkylation sites (tertiary alicyclic amines) is 1. The molecule has 1 saturated heterocycles. The SMILES string of the molecule is [O-][NH+](O)C1CCC(CC2CC[NH+](CC3CCCC(F)C3)CC2)CC1. The summed E-state index contributed by atoms with van der Waals surface area (Å²) in [7, 11) is 0. The topological polar surface area (TPSA) is 52.2 Å². The first kappa shape index (κ1) is 18.6. The molecule has 3 atom stereocenters. The Morgan fingerprint density at radius 3 is 2.21 bits per heavy atom. The summed E-state index contributed by atoms with van der Waals surface area (Å²) in [6.07, 6.45) is 11.3. The Bertz CT molecular complexity index is 366. The van der Waals surface area contributed by atoms with Crippen LogP contribution in [0.5, 0.6) is 0 Å². The fraction of sp³-hybridized carbons (Fsp3) is 1.00. The van der Waals surface area contributed by atoms with Crippen molar-refractivity contribution in [3.05, 3.63) is 5.21 Å². The third kappa shape index (κ3) is 5.38. The molecular weight excluding hydrogens is 307 g/mol. The summed E-state index contributed by atoms with van der Waals surface area (Å²) in [6.45, 7) is 3.72. The highest BCUT2D eigenvalue weighted by Gasteiger charge is 2.31. The number of quaternary nitrogens is 2. The number of hydroxylamine groups is 2. The second-order valence-corrected chi connectivity index (χ2v) is 8.82. The largest absolute Gasteiger partial charge is 0.600 e. The van der Waals surface area contributed by atoms with Crippen LogP contribution in [0.2, 0.25) is 0 Å². The van der Waals surface area contributed by atoms with Crippen LogP contribution in [0.4, 0.5) is 4.39 Å². The number of hydrogen-bond donors (Lipinski definition) is 3. The third-order valence-corrected chi connectivity index (χ3v) is 6.97. The average Bonchev–Trinajstić information content (AvgIpc) is 2.57. The van der Waals surface area contributed by atoms with E-state index >= 15 is 0 Å². The van der Waals surface area contributed by atoms with Crippen molar-refractivity contribution in [2.24, 2.45) is 17.8 Å². The summed E-state index contributed by atoms with van der Waals surface area (Å²) >= 11 is 0. The van der Waals surface area contributed by atoms with Gasteiger partial charge in [0.15, 0.2) is 0 Å². The van der Waals surface area contributed by atoms with Gasteiger partial charge in [0, 0.05) is 18.8 Å². The first-order valence-corrected chi connectivity index (χ1v) is 10.3. The van der Waals surface area contributed by atoms with E-state index in [9.17, 15) is 9.60 Å². The highest BCUT2D eigenvalue weighted by atomic mass is 19.1. The minimum absolute atomic E-state index is 0.0811. The van der Waals surface area contributed by atoms with Crippen LogP contribution in [0, 0.1) is 23.0 Å². The second-order valence-electron chi connectivity index (χ2n) is 8.82. The molecule has 3 aliphatic rings. The van der Waals surface area contributed by atoms with E-state index in [1.165, 1.54) is 45.3 Å². The van der Waals surface area contributed by atoms with Crippen molar-refractivity contribution in [1.82, 2.24) is 0 Å². The van der Waals surface area contributed by atoms with Crippen LogP contribution in [-0.2, 0) is 0 Å². The van der Waals surface area contributed by atoms with Crippen molar-refractivity contribution in [2.75, 3.05) is 19.6 Å². The number of alkyl halides is 1. The van der Waals surface area contributed by atoms with Gasteiger partial charge in [-0.3, -0.25) is 0 Å². The Morgan fingerprint density at radius 1 is 0.917 bits per heavy atom. The average molecular weight is 344 g/mol. The zero-order valence-corrected chi connectivity index (χ0v) is 15.0. The second kappa shape index (κ2) is 8.93. The maximum atomic E-state index is 13.5. The monoisotopic (exact) mass is 343 g/mol. The standard InChI is InChI=1S/C19H35FN2O2/c20-18-3-1-2-17(13-18)14-21-10-8-16(9-11-21)12-15-4-6-19(7-5-15)22(23)24/h15-19,22-23H,1-14H2/p+1. The van der Waals surface area contributed by atoms with Gasteiger partial charge in [0.25, 0.3) is 0 Å². The number of halogens is 1. The van der Waals surface area contributed by atoms with Gasteiger partial charge >= 0.3 is 0 Å². The molecular formula is C19H36FN2O2+. The summed E-state index contributed by atoms with van der Waals surface area (Å²) in [5.74, 6) is 2.23. The first-order chi connectivity index (χ1) is 11.6. The number of piperidine rings is 1. The van der Waals surface area contributed by atoms with Gasteiger partial charge in [-0.05, 0) is 63.2 Å². The molecule has 0 radical (unpaired) electrons. The van der Waals surface area contributed by atoms with Crippen LogP contribution < -0.4 is 10.1 Å². The Morgan fingerprint density at radius 2 is 1.58 bits per heavy atom. The number of rotatable bonds is 5. The predicted octanol–water partition coefficient (Wildman–Crippen LogP) is 1.53. The molecule has 2 saturated carbocycles. The van der Waals surface area contributed by atoms with Crippen LogP contribution in [0.15, 0.2) is 0 Å². The molecule has 0 amide bonds. The van der Waals surface area contributed by atoms with E-state index in [1.807, 2.05) is 0 Å². The maximum absolute atomic E-state index is 13.5. The van der Waals surface area contributed by atoms with Crippen LogP contribution in [-0.4, -0.2) is 37.1 Å². The van der Waals surface area contributed by atoms with Crippen molar-refractivity contribution < 1.29 is 19.7 Å². The fourth-order valence-corrected chi connectivity index (χ4v) is 5.46. The number of hydrogen-bond acceptors (Lipinski definition) is 2. The van der Waals surface area contributed by atoms with Crippen molar-refractivity contribution in [3.8, 4) is 0 Å². The molecule has 3 fully saturated rings. The van der Waals surface area contributed by atoms with Gasteiger partial charge in [-0.1, -0.05) is 6.42 Å². The highest BCUT2D eigenvalue weighted by molar-refractivity contribution is 4.76. The normalized spacial score (nSPS) is 42.6. The summed E-state index contributed by atoms with van der Waals surface area (Å²) in [5.41, 5.74) is 0.